The largest absolute Gasteiger partial charge is 0.376 e. The fourth-order valence-electron chi connectivity index (χ4n) is 5.19. The fraction of sp³-hybridized carbons (Fsp3) is 0.444. The number of hydrogen-bond donors (Lipinski definition) is 1. The Morgan fingerprint density at radius 2 is 1.97 bits per heavy atom. The van der Waals surface area contributed by atoms with E-state index >= 15 is 0 Å². The highest BCUT2D eigenvalue weighted by molar-refractivity contribution is 6.03. The van der Waals surface area contributed by atoms with Crippen LogP contribution < -0.4 is 10.2 Å². The molecule has 1 aromatic carbocycles. The molecule has 0 radical (unpaired) electrons. The summed E-state index contributed by atoms with van der Waals surface area (Å²) in [5.74, 6) is 1.10. The molecule has 33 heavy (non-hydrogen) atoms. The summed E-state index contributed by atoms with van der Waals surface area (Å²) in [5.41, 5.74) is 4.77. The molecular formula is C27H31N3O3. The second-order valence-electron chi connectivity index (χ2n) is 9.59. The monoisotopic (exact) mass is 445 g/mol. The van der Waals surface area contributed by atoms with Gasteiger partial charge in [-0.15, -0.1) is 0 Å². The third-order valence-corrected chi connectivity index (χ3v) is 6.86. The van der Waals surface area contributed by atoms with Crippen LogP contribution in [-0.2, 0) is 20.9 Å². The van der Waals surface area contributed by atoms with Crippen molar-refractivity contribution in [1.29, 1.82) is 0 Å². The Morgan fingerprint density at radius 3 is 2.70 bits per heavy atom. The minimum atomic E-state index is -0.0148. The molecule has 6 nitrogen and oxygen atoms in total. The van der Waals surface area contributed by atoms with Crippen molar-refractivity contribution >= 4 is 34.5 Å². The van der Waals surface area contributed by atoms with E-state index in [1.807, 2.05) is 29.2 Å². The predicted octanol–water partition coefficient (Wildman–Crippen LogP) is 5.40. The summed E-state index contributed by atoms with van der Waals surface area (Å²) in [7, 11) is 0. The molecule has 1 aromatic heterocycles. The smallest absolute Gasteiger partial charge is 0.230 e. The van der Waals surface area contributed by atoms with E-state index < -0.39 is 0 Å². The number of fused-ring (bicyclic) bond motifs is 2. The SMILES string of the molecule is CC(C)OC1CCC(C(=O)N2Cc3cccnc3Nc3ccc(C4=CC(=O)CC4)cc32)CC1. The Balaban J connectivity index is 1.46. The lowest BCUT2D eigenvalue weighted by atomic mass is 9.86. The van der Waals surface area contributed by atoms with Gasteiger partial charge in [-0.25, -0.2) is 4.98 Å². The first-order valence-corrected chi connectivity index (χ1v) is 12.0. The first-order chi connectivity index (χ1) is 16.0. The molecule has 3 aliphatic rings. The summed E-state index contributed by atoms with van der Waals surface area (Å²) in [6.07, 6.45) is 8.79. The number of nitrogens with one attached hydrogen (secondary N) is 1. The Kier molecular flexibility index (Phi) is 6.02. The van der Waals surface area contributed by atoms with Crippen LogP contribution in [0.3, 0.4) is 0 Å². The van der Waals surface area contributed by atoms with Crippen molar-refractivity contribution in [2.75, 3.05) is 10.2 Å². The maximum atomic E-state index is 13.9. The molecule has 6 heteroatoms. The number of allylic oxidation sites excluding steroid dienone is 2. The number of pyridine rings is 1. The topological polar surface area (TPSA) is 71.5 Å². The van der Waals surface area contributed by atoms with E-state index in [4.69, 9.17) is 4.74 Å². The van der Waals surface area contributed by atoms with Crippen molar-refractivity contribution in [3.63, 3.8) is 0 Å². The number of ether oxygens (including phenoxy) is 1. The third kappa shape index (κ3) is 4.58. The van der Waals surface area contributed by atoms with Crippen LogP contribution in [0.15, 0.2) is 42.6 Å². The van der Waals surface area contributed by atoms with Gasteiger partial charge in [-0.1, -0.05) is 12.1 Å². The summed E-state index contributed by atoms with van der Waals surface area (Å²) in [5, 5.41) is 3.43. The van der Waals surface area contributed by atoms with E-state index in [0.717, 1.165) is 66.0 Å². The molecule has 1 aliphatic heterocycles. The Morgan fingerprint density at radius 1 is 1.15 bits per heavy atom. The third-order valence-electron chi connectivity index (χ3n) is 6.86. The van der Waals surface area contributed by atoms with Gasteiger partial charge in [0.15, 0.2) is 5.78 Å². The maximum absolute atomic E-state index is 13.9. The van der Waals surface area contributed by atoms with Crippen LogP contribution in [0.5, 0.6) is 0 Å². The Bertz CT molecular complexity index is 1100. The lowest BCUT2D eigenvalue weighted by Crippen LogP contribution is -2.38. The molecule has 0 bridgehead atoms. The van der Waals surface area contributed by atoms with Gasteiger partial charge in [0.1, 0.15) is 5.82 Å². The molecule has 0 unspecified atom stereocenters. The number of rotatable bonds is 4. The summed E-state index contributed by atoms with van der Waals surface area (Å²) in [6, 6.07) is 10.0. The van der Waals surface area contributed by atoms with Gasteiger partial charge in [-0.3, -0.25) is 9.59 Å². The molecule has 2 aliphatic carbocycles. The van der Waals surface area contributed by atoms with Crippen LogP contribution >= 0.6 is 0 Å². The molecule has 1 saturated carbocycles. The predicted molar refractivity (Wildman–Crippen MR) is 129 cm³/mol. The van der Waals surface area contributed by atoms with Gasteiger partial charge in [0.05, 0.1) is 30.1 Å². The normalized spacial score (nSPS) is 22.3. The summed E-state index contributed by atoms with van der Waals surface area (Å²) in [6.45, 7) is 4.61. The molecule has 1 amide bonds. The Labute approximate surface area is 195 Å². The number of anilines is 3. The number of ketones is 1. The lowest BCUT2D eigenvalue weighted by Gasteiger charge is -2.33. The van der Waals surface area contributed by atoms with Crippen molar-refractivity contribution in [2.24, 2.45) is 5.92 Å². The molecule has 1 N–H and O–H groups in total. The van der Waals surface area contributed by atoms with Gasteiger partial charge in [0.25, 0.3) is 0 Å². The van der Waals surface area contributed by atoms with E-state index in [0.29, 0.717) is 13.0 Å². The number of aromatic nitrogens is 1. The highest BCUT2D eigenvalue weighted by atomic mass is 16.5. The highest BCUT2D eigenvalue weighted by Gasteiger charge is 2.33. The van der Waals surface area contributed by atoms with Crippen LogP contribution in [0.2, 0.25) is 0 Å². The zero-order valence-corrected chi connectivity index (χ0v) is 19.3. The van der Waals surface area contributed by atoms with Crippen LogP contribution in [-0.4, -0.2) is 28.9 Å². The summed E-state index contributed by atoms with van der Waals surface area (Å²) < 4.78 is 5.99. The molecule has 1 fully saturated rings. The van der Waals surface area contributed by atoms with E-state index in [1.54, 1.807) is 12.3 Å². The second-order valence-corrected chi connectivity index (χ2v) is 9.59. The van der Waals surface area contributed by atoms with Gasteiger partial charge >= 0.3 is 0 Å². The molecule has 2 heterocycles. The zero-order chi connectivity index (χ0) is 22.9. The number of carbonyl (C=O) groups is 2. The van der Waals surface area contributed by atoms with Crippen LogP contribution in [0.1, 0.15) is 63.5 Å². The van der Waals surface area contributed by atoms with Crippen molar-refractivity contribution in [3.8, 4) is 0 Å². The van der Waals surface area contributed by atoms with Gasteiger partial charge in [-0.05, 0) is 81.4 Å². The van der Waals surface area contributed by atoms with Crippen LogP contribution in [0, 0.1) is 5.92 Å². The molecule has 5 rings (SSSR count). The minimum Gasteiger partial charge on any atom is -0.376 e. The van der Waals surface area contributed by atoms with E-state index in [1.165, 1.54) is 0 Å². The van der Waals surface area contributed by atoms with Crippen molar-refractivity contribution in [3.05, 3.63) is 53.7 Å². The van der Waals surface area contributed by atoms with E-state index in [2.05, 4.69) is 30.2 Å². The average molecular weight is 446 g/mol. The van der Waals surface area contributed by atoms with E-state index in [9.17, 15) is 9.59 Å². The lowest BCUT2D eigenvalue weighted by molar-refractivity contribution is -0.124. The summed E-state index contributed by atoms with van der Waals surface area (Å²) >= 11 is 0. The number of benzene rings is 1. The van der Waals surface area contributed by atoms with Gasteiger partial charge in [0, 0.05) is 24.1 Å². The number of nitrogens with zero attached hydrogens (tertiary/aromatic N) is 2. The van der Waals surface area contributed by atoms with Gasteiger partial charge in [-0.2, -0.15) is 0 Å². The van der Waals surface area contributed by atoms with Crippen molar-refractivity contribution in [2.45, 2.75) is 71.1 Å². The molecule has 172 valence electrons. The number of hydrogen-bond acceptors (Lipinski definition) is 5. The molecule has 2 aromatic rings. The first-order valence-electron chi connectivity index (χ1n) is 12.0. The standard InChI is InChI=1S/C27H31N3O3/c1-17(2)33-23-10-6-18(7-11-23)27(32)30-16-21-4-3-13-28-26(21)29-24-12-8-20(15-25(24)30)19-5-9-22(31)14-19/h3-4,8,12-15,17-18,23H,5-7,9-11,16H2,1-2H3,(H,28,29). The highest BCUT2D eigenvalue weighted by Crippen LogP contribution is 2.40. The molecule has 0 spiro atoms. The minimum absolute atomic E-state index is 0.0148. The summed E-state index contributed by atoms with van der Waals surface area (Å²) in [4.78, 5) is 32.1. The van der Waals surface area contributed by atoms with Gasteiger partial charge < -0.3 is 15.0 Å². The zero-order valence-electron chi connectivity index (χ0n) is 19.3. The molecule has 0 atom stereocenters. The molecule has 0 saturated heterocycles. The van der Waals surface area contributed by atoms with E-state index in [-0.39, 0.29) is 29.8 Å². The number of carbonyl (C=O) groups excluding carboxylic acids is 2. The second kappa shape index (κ2) is 9.10. The quantitative estimate of drug-likeness (QED) is 0.682. The maximum Gasteiger partial charge on any atom is 0.230 e. The Hall–Kier alpha value is -2.99. The van der Waals surface area contributed by atoms with Gasteiger partial charge in [0.2, 0.25) is 5.91 Å². The van der Waals surface area contributed by atoms with Crippen molar-refractivity contribution in [1.82, 2.24) is 4.98 Å². The average Bonchev–Trinajstić information content (AvgIpc) is 3.17. The van der Waals surface area contributed by atoms with Crippen LogP contribution in [0.4, 0.5) is 17.2 Å². The first kappa shape index (κ1) is 21.8. The van der Waals surface area contributed by atoms with Crippen molar-refractivity contribution < 1.29 is 14.3 Å². The number of amides is 1. The fourth-order valence-corrected chi connectivity index (χ4v) is 5.19. The molecular weight excluding hydrogens is 414 g/mol. The van der Waals surface area contributed by atoms with Crippen LogP contribution in [0.25, 0.3) is 5.57 Å².